The molecule has 0 aliphatic carbocycles. The van der Waals surface area contributed by atoms with Crippen molar-refractivity contribution < 1.29 is 9.47 Å². The molecule has 1 saturated heterocycles. The molecule has 0 unspecified atom stereocenters. The summed E-state index contributed by atoms with van der Waals surface area (Å²) < 4.78 is 10.8. The van der Waals surface area contributed by atoms with E-state index in [9.17, 15) is 0 Å². The van der Waals surface area contributed by atoms with Crippen LogP contribution in [0.2, 0.25) is 0 Å². The van der Waals surface area contributed by atoms with Gasteiger partial charge in [-0.1, -0.05) is 0 Å². The summed E-state index contributed by atoms with van der Waals surface area (Å²) in [6.45, 7) is 5.44. The SMILES string of the molecule is CNC1(C)CCN(Cc2cc(OC)ccc2OC)CC1. The highest BCUT2D eigenvalue weighted by Gasteiger charge is 2.28. The highest BCUT2D eigenvalue weighted by molar-refractivity contribution is 5.40. The van der Waals surface area contributed by atoms with Crippen molar-refractivity contribution in [2.75, 3.05) is 34.4 Å². The molecule has 0 bridgehead atoms. The van der Waals surface area contributed by atoms with Crippen molar-refractivity contribution in [2.45, 2.75) is 31.8 Å². The zero-order chi connectivity index (χ0) is 14.6. The van der Waals surface area contributed by atoms with E-state index in [2.05, 4.69) is 30.3 Å². The number of piperidine rings is 1. The first-order valence-electron chi connectivity index (χ1n) is 7.22. The van der Waals surface area contributed by atoms with Gasteiger partial charge in [-0.2, -0.15) is 0 Å². The van der Waals surface area contributed by atoms with Crippen LogP contribution in [-0.4, -0.2) is 44.8 Å². The lowest BCUT2D eigenvalue weighted by Gasteiger charge is -2.39. The van der Waals surface area contributed by atoms with Gasteiger partial charge in [0.2, 0.25) is 0 Å². The summed E-state index contributed by atoms with van der Waals surface area (Å²) >= 11 is 0. The topological polar surface area (TPSA) is 33.7 Å². The van der Waals surface area contributed by atoms with Crippen LogP contribution in [0.25, 0.3) is 0 Å². The first-order chi connectivity index (χ1) is 9.60. The van der Waals surface area contributed by atoms with E-state index in [0.29, 0.717) is 0 Å². The zero-order valence-corrected chi connectivity index (χ0v) is 13.0. The minimum Gasteiger partial charge on any atom is -0.497 e. The molecule has 1 aromatic carbocycles. The molecule has 0 aromatic heterocycles. The van der Waals surface area contributed by atoms with Crippen LogP contribution in [0.3, 0.4) is 0 Å². The van der Waals surface area contributed by atoms with Gasteiger partial charge in [0.05, 0.1) is 14.2 Å². The van der Waals surface area contributed by atoms with E-state index in [1.54, 1.807) is 14.2 Å². The number of rotatable bonds is 5. The van der Waals surface area contributed by atoms with E-state index in [0.717, 1.165) is 31.1 Å². The van der Waals surface area contributed by atoms with Crippen LogP contribution in [0, 0.1) is 0 Å². The molecule has 1 heterocycles. The predicted molar refractivity (Wildman–Crippen MR) is 81.5 cm³/mol. The third-order valence-corrected chi connectivity index (χ3v) is 4.44. The summed E-state index contributed by atoms with van der Waals surface area (Å²) in [5.74, 6) is 1.82. The van der Waals surface area contributed by atoms with Gasteiger partial charge in [-0.25, -0.2) is 0 Å². The molecule has 2 rings (SSSR count). The van der Waals surface area contributed by atoms with Crippen LogP contribution in [0.1, 0.15) is 25.3 Å². The summed E-state index contributed by atoms with van der Waals surface area (Å²) in [7, 11) is 5.48. The molecule has 4 heteroatoms. The predicted octanol–water partition coefficient (Wildman–Crippen LogP) is 2.28. The zero-order valence-electron chi connectivity index (χ0n) is 13.0. The second kappa shape index (κ2) is 6.46. The van der Waals surface area contributed by atoms with Gasteiger partial charge in [0.15, 0.2) is 0 Å². The van der Waals surface area contributed by atoms with Gasteiger partial charge in [0.1, 0.15) is 11.5 Å². The third kappa shape index (κ3) is 3.44. The maximum Gasteiger partial charge on any atom is 0.123 e. The summed E-state index contributed by atoms with van der Waals surface area (Å²) in [6, 6.07) is 6.00. The highest BCUT2D eigenvalue weighted by atomic mass is 16.5. The molecule has 112 valence electrons. The number of benzene rings is 1. The Bertz CT molecular complexity index is 440. The van der Waals surface area contributed by atoms with E-state index < -0.39 is 0 Å². The van der Waals surface area contributed by atoms with Crippen LogP contribution in [0.5, 0.6) is 11.5 Å². The fourth-order valence-electron chi connectivity index (χ4n) is 2.70. The Balaban J connectivity index is 2.03. The van der Waals surface area contributed by atoms with Crippen molar-refractivity contribution in [1.82, 2.24) is 10.2 Å². The molecule has 20 heavy (non-hydrogen) atoms. The molecule has 0 atom stereocenters. The summed E-state index contributed by atoms with van der Waals surface area (Å²) in [5, 5.41) is 3.43. The first-order valence-corrected chi connectivity index (χ1v) is 7.22. The Hall–Kier alpha value is -1.26. The molecule has 0 saturated carbocycles. The van der Waals surface area contributed by atoms with Crippen molar-refractivity contribution in [1.29, 1.82) is 0 Å². The Morgan fingerprint density at radius 3 is 2.45 bits per heavy atom. The normalized spacial score (nSPS) is 18.8. The molecule has 1 aliphatic rings. The Labute approximate surface area is 122 Å². The monoisotopic (exact) mass is 278 g/mol. The number of methoxy groups -OCH3 is 2. The molecule has 1 N–H and O–H groups in total. The molecule has 1 aliphatic heterocycles. The van der Waals surface area contributed by atoms with Gasteiger partial charge in [0.25, 0.3) is 0 Å². The van der Waals surface area contributed by atoms with Crippen LogP contribution in [0.4, 0.5) is 0 Å². The first kappa shape index (κ1) is 15.1. The Morgan fingerprint density at radius 2 is 1.90 bits per heavy atom. The lowest BCUT2D eigenvalue weighted by atomic mass is 9.90. The van der Waals surface area contributed by atoms with Crippen LogP contribution < -0.4 is 14.8 Å². The van der Waals surface area contributed by atoms with Gasteiger partial charge in [-0.15, -0.1) is 0 Å². The van der Waals surface area contributed by atoms with E-state index in [-0.39, 0.29) is 5.54 Å². The number of ether oxygens (including phenoxy) is 2. The summed E-state index contributed by atoms with van der Waals surface area (Å²) in [5.41, 5.74) is 1.48. The maximum atomic E-state index is 5.45. The fraction of sp³-hybridized carbons (Fsp3) is 0.625. The molecule has 0 spiro atoms. The van der Waals surface area contributed by atoms with Gasteiger partial charge in [0, 0.05) is 30.7 Å². The Morgan fingerprint density at radius 1 is 1.20 bits per heavy atom. The van der Waals surface area contributed by atoms with Crippen molar-refractivity contribution in [3.05, 3.63) is 23.8 Å². The molecule has 0 amide bonds. The molecule has 1 fully saturated rings. The van der Waals surface area contributed by atoms with E-state index in [1.165, 1.54) is 18.4 Å². The molecule has 4 nitrogen and oxygen atoms in total. The van der Waals surface area contributed by atoms with Gasteiger partial charge >= 0.3 is 0 Å². The second-order valence-corrected chi connectivity index (χ2v) is 5.76. The molecule has 1 aromatic rings. The van der Waals surface area contributed by atoms with Gasteiger partial charge in [-0.05, 0) is 45.0 Å². The number of likely N-dealkylation sites (tertiary alicyclic amines) is 1. The number of nitrogens with one attached hydrogen (secondary N) is 1. The minimum atomic E-state index is 0.287. The van der Waals surface area contributed by atoms with E-state index in [4.69, 9.17) is 9.47 Å². The molecular formula is C16H26N2O2. The van der Waals surface area contributed by atoms with Gasteiger partial charge in [-0.3, -0.25) is 4.90 Å². The van der Waals surface area contributed by atoms with Gasteiger partial charge < -0.3 is 14.8 Å². The lowest BCUT2D eigenvalue weighted by Crippen LogP contribution is -2.49. The number of hydrogen-bond donors (Lipinski definition) is 1. The lowest BCUT2D eigenvalue weighted by molar-refractivity contribution is 0.145. The number of nitrogens with zero attached hydrogens (tertiary/aromatic N) is 1. The van der Waals surface area contributed by atoms with Crippen molar-refractivity contribution in [3.63, 3.8) is 0 Å². The van der Waals surface area contributed by atoms with Crippen LogP contribution in [0.15, 0.2) is 18.2 Å². The van der Waals surface area contributed by atoms with E-state index in [1.807, 2.05) is 12.1 Å². The molecular weight excluding hydrogens is 252 g/mol. The smallest absolute Gasteiger partial charge is 0.123 e. The molecule has 0 radical (unpaired) electrons. The van der Waals surface area contributed by atoms with Crippen LogP contribution >= 0.6 is 0 Å². The maximum absolute atomic E-state index is 5.45. The average molecular weight is 278 g/mol. The fourth-order valence-corrected chi connectivity index (χ4v) is 2.70. The Kier molecular flexibility index (Phi) is 4.89. The highest BCUT2D eigenvalue weighted by Crippen LogP contribution is 2.28. The number of hydrogen-bond acceptors (Lipinski definition) is 4. The van der Waals surface area contributed by atoms with Crippen LogP contribution in [-0.2, 0) is 6.54 Å². The van der Waals surface area contributed by atoms with Crippen molar-refractivity contribution in [3.8, 4) is 11.5 Å². The largest absolute Gasteiger partial charge is 0.497 e. The standard InChI is InChI=1S/C16H26N2O2/c1-16(17-2)7-9-18(10-8-16)12-13-11-14(19-3)5-6-15(13)20-4/h5-6,11,17H,7-10,12H2,1-4H3. The van der Waals surface area contributed by atoms with Crippen molar-refractivity contribution >= 4 is 0 Å². The summed E-state index contributed by atoms with van der Waals surface area (Å²) in [4.78, 5) is 2.48. The third-order valence-electron chi connectivity index (χ3n) is 4.44. The van der Waals surface area contributed by atoms with E-state index >= 15 is 0 Å². The second-order valence-electron chi connectivity index (χ2n) is 5.76. The average Bonchev–Trinajstić information content (AvgIpc) is 2.49. The summed E-state index contributed by atoms with van der Waals surface area (Å²) in [6.07, 6.45) is 2.35. The quantitative estimate of drug-likeness (QED) is 0.896. The van der Waals surface area contributed by atoms with Crippen molar-refractivity contribution in [2.24, 2.45) is 0 Å². The minimum absolute atomic E-state index is 0.287.